The van der Waals surface area contributed by atoms with Gasteiger partial charge in [-0.15, -0.1) is 0 Å². The van der Waals surface area contributed by atoms with E-state index >= 15 is 0 Å². The molecular formula is C24H20ClN5O3. The summed E-state index contributed by atoms with van der Waals surface area (Å²) in [5.74, 6) is 0.814. The van der Waals surface area contributed by atoms with E-state index in [9.17, 15) is 15.4 Å². The number of aromatic nitrogens is 2. The average Bonchev–Trinajstić information content (AvgIpc) is 2.86. The summed E-state index contributed by atoms with van der Waals surface area (Å²) in [5, 5.41) is 23.1. The highest BCUT2D eigenvalue weighted by Gasteiger charge is 2.25. The Morgan fingerprint density at radius 1 is 0.970 bits per heavy atom. The Morgan fingerprint density at radius 2 is 1.64 bits per heavy atom. The summed E-state index contributed by atoms with van der Waals surface area (Å²) >= 11 is 6.02. The second-order valence-electron chi connectivity index (χ2n) is 7.84. The molecular weight excluding hydrogens is 442 g/mol. The Labute approximate surface area is 194 Å². The average molecular weight is 462 g/mol. The first-order chi connectivity index (χ1) is 16.0. The predicted octanol–water partition coefficient (Wildman–Crippen LogP) is 3.92. The first kappa shape index (κ1) is 20.9. The lowest BCUT2D eigenvalue weighted by atomic mass is 10.1. The maximum Gasteiger partial charge on any atom is 0.288 e. The van der Waals surface area contributed by atoms with Crippen LogP contribution in [0.15, 0.2) is 54.6 Å². The third-order valence-corrected chi connectivity index (χ3v) is 6.31. The first-order valence-corrected chi connectivity index (χ1v) is 10.8. The van der Waals surface area contributed by atoms with E-state index in [-0.39, 0.29) is 22.1 Å². The fourth-order valence-electron chi connectivity index (χ4n) is 4.41. The second kappa shape index (κ2) is 8.19. The number of methoxy groups -OCH3 is 1. The number of para-hydroxylation sites is 2. The molecule has 33 heavy (non-hydrogen) atoms. The van der Waals surface area contributed by atoms with Crippen molar-refractivity contribution in [3.05, 3.63) is 75.3 Å². The molecule has 0 spiro atoms. The van der Waals surface area contributed by atoms with Crippen LogP contribution in [0.25, 0.3) is 22.1 Å². The molecule has 9 heteroatoms. The summed E-state index contributed by atoms with van der Waals surface area (Å²) in [6.45, 7) is 2.74. The monoisotopic (exact) mass is 461 g/mol. The number of rotatable bonds is 3. The van der Waals surface area contributed by atoms with Gasteiger partial charge in [-0.1, -0.05) is 23.7 Å². The highest BCUT2D eigenvalue weighted by molar-refractivity contribution is 6.31. The summed E-state index contributed by atoms with van der Waals surface area (Å²) in [4.78, 5) is 17.4. The third-order valence-electron chi connectivity index (χ3n) is 6.07. The van der Waals surface area contributed by atoms with Crippen LogP contribution in [-0.2, 0) is 0 Å². The number of nitrogens with zero attached hydrogens (tertiary/aromatic N) is 5. The van der Waals surface area contributed by atoms with Gasteiger partial charge in [0.2, 0.25) is 0 Å². The van der Waals surface area contributed by atoms with Gasteiger partial charge in [-0.25, -0.2) is 0 Å². The number of hydrogen-bond acceptors (Lipinski definition) is 6. The van der Waals surface area contributed by atoms with E-state index in [0.29, 0.717) is 34.1 Å². The molecule has 1 fully saturated rings. The Morgan fingerprint density at radius 3 is 2.33 bits per heavy atom. The Bertz CT molecular complexity index is 1490. The van der Waals surface area contributed by atoms with Crippen LogP contribution in [0.1, 0.15) is 5.56 Å². The smallest absolute Gasteiger partial charge is 0.288 e. The van der Waals surface area contributed by atoms with Crippen LogP contribution in [0.3, 0.4) is 0 Å². The minimum absolute atomic E-state index is 0.132. The molecule has 1 saturated heterocycles. The molecule has 2 heterocycles. The number of piperazine rings is 1. The normalized spacial score (nSPS) is 14.0. The maximum absolute atomic E-state index is 13.1. The highest BCUT2D eigenvalue weighted by Crippen LogP contribution is 2.31. The van der Waals surface area contributed by atoms with Crippen molar-refractivity contribution in [1.82, 2.24) is 4.73 Å². The fraction of sp³-hybridized carbons (Fsp3) is 0.208. The van der Waals surface area contributed by atoms with Crippen molar-refractivity contribution < 1.29 is 9.16 Å². The second-order valence-corrected chi connectivity index (χ2v) is 8.27. The molecule has 0 N–H and O–H groups in total. The zero-order chi connectivity index (χ0) is 23.1. The molecule has 8 nitrogen and oxygen atoms in total. The van der Waals surface area contributed by atoms with Crippen molar-refractivity contribution in [2.45, 2.75) is 0 Å². The number of nitriles is 1. The topological polar surface area (TPSA) is 90.5 Å². The van der Waals surface area contributed by atoms with E-state index < -0.39 is 0 Å². The van der Waals surface area contributed by atoms with Gasteiger partial charge < -0.3 is 24.5 Å². The molecule has 3 aromatic carbocycles. The number of fused-ring (bicyclic) bond motifs is 2. The zero-order valence-corrected chi connectivity index (χ0v) is 18.6. The van der Waals surface area contributed by atoms with Gasteiger partial charge >= 0.3 is 0 Å². The lowest BCUT2D eigenvalue weighted by Gasteiger charge is -2.38. The zero-order valence-electron chi connectivity index (χ0n) is 17.9. The van der Waals surface area contributed by atoms with Gasteiger partial charge in [0.25, 0.3) is 11.0 Å². The minimum Gasteiger partial charge on any atom is -0.805 e. The standard InChI is InChI=1S/C24H20ClN5O3/c1-33-24-5-3-2-4-19(24)27-8-10-28(11-9-27)20-14-23-21(12-16(20)15-26)30(32)22-13-17(25)6-7-18(22)29(23)31/h2-7,12-14H,8-11H2,1H3. The number of ether oxygens (including phenoxy) is 1. The molecule has 0 radical (unpaired) electrons. The van der Waals surface area contributed by atoms with Gasteiger partial charge in [0.05, 0.1) is 28.5 Å². The van der Waals surface area contributed by atoms with Gasteiger partial charge in [0.1, 0.15) is 22.9 Å². The van der Waals surface area contributed by atoms with Gasteiger partial charge in [0, 0.05) is 48.2 Å². The van der Waals surface area contributed by atoms with Crippen LogP contribution in [0.2, 0.25) is 5.02 Å². The van der Waals surface area contributed by atoms with Crippen molar-refractivity contribution in [2.75, 3.05) is 43.1 Å². The summed E-state index contributed by atoms with van der Waals surface area (Å²) in [7, 11) is 1.65. The van der Waals surface area contributed by atoms with Crippen LogP contribution in [0.5, 0.6) is 5.75 Å². The van der Waals surface area contributed by atoms with Gasteiger partial charge in [-0.3, -0.25) is 0 Å². The molecule has 166 valence electrons. The molecule has 0 atom stereocenters. The van der Waals surface area contributed by atoms with Gasteiger partial charge in [0.15, 0.2) is 0 Å². The molecule has 0 unspecified atom stereocenters. The van der Waals surface area contributed by atoms with Crippen LogP contribution < -0.4 is 19.0 Å². The predicted molar refractivity (Wildman–Crippen MR) is 129 cm³/mol. The molecule has 0 amide bonds. The van der Waals surface area contributed by atoms with E-state index in [1.165, 1.54) is 18.2 Å². The first-order valence-electron chi connectivity index (χ1n) is 10.5. The molecule has 0 saturated carbocycles. The summed E-state index contributed by atoms with van der Waals surface area (Å²) in [5.41, 5.74) is 2.73. The molecule has 1 aromatic heterocycles. The Hall–Kier alpha value is -3.96. The van der Waals surface area contributed by atoms with Crippen LogP contribution in [0, 0.1) is 21.4 Å². The van der Waals surface area contributed by atoms with Crippen molar-refractivity contribution in [1.29, 1.82) is 5.26 Å². The molecule has 0 aliphatic carbocycles. The minimum atomic E-state index is 0.132. The van der Waals surface area contributed by atoms with Crippen LogP contribution in [0.4, 0.5) is 11.4 Å². The van der Waals surface area contributed by atoms with Crippen LogP contribution >= 0.6 is 11.6 Å². The molecule has 1 aliphatic heterocycles. The van der Waals surface area contributed by atoms with Crippen molar-refractivity contribution >= 4 is 45.0 Å². The number of benzene rings is 3. The van der Waals surface area contributed by atoms with Crippen molar-refractivity contribution in [3.8, 4) is 11.8 Å². The molecule has 1 aliphatic rings. The lowest BCUT2D eigenvalue weighted by Crippen LogP contribution is -2.47. The quantitative estimate of drug-likeness (QED) is 0.339. The lowest BCUT2D eigenvalue weighted by molar-refractivity contribution is -0.432. The molecule has 0 bridgehead atoms. The fourth-order valence-corrected chi connectivity index (χ4v) is 4.58. The van der Waals surface area contributed by atoms with Crippen molar-refractivity contribution in [3.63, 3.8) is 0 Å². The molecule has 5 rings (SSSR count). The van der Waals surface area contributed by atoms with E-state index in [4.69, 9.17) is 16.3 Å². The summed E-state index contributed by atoms with van der Waals surface area (Å²) in [6.07, 6.45) is 0. The highest BCUT2D eigenvalue weighted by atomic mass is 35.5. The van der Waals surface area contributed by atoms with E-state index in [1.54, 1.807) is 19.2 Å². The third kappa shape index (κ3) is 3.47. The number of anilines is 2. The van der Waals surface area contributed by atoms with Crippen LogP contribution in [-0.4, -0.2) is 38.0 Å². The molecule has 4 aromatic rings. The SMILES string of the molecule is COc1ccccc1N1CCN(c2cc3c(cc2C#N)n([O-])c2cc(Cl)ccc2[n+]3=O)CC1. The van der Waals surface area contributed by atoms with Crippen molar-refractivity contribution in [2.24, 2.45) is 0 Å². The van der Waals surface area contributed by atoms with E-state index in [1.807, 2.05) is 24.3 Å². The van der Waals surface area contributed by atoms with E-state index in [2.05, 4.69) is 15.9 Å². The van der Waals surface area contributed by atoms with Gasteiger partial charge in [-0.05, 0) is 30.3 Å². The Balaban J connectivity index is 1.54. The van der Waals surface area contributed by atoms with E-state index in [0.717, 1.165) is 29.0 Å². The summed E-state index contributed by atoms with van der Waals surface area (Å²) < 4.78 is 6.87. The number of hydrogen-bond donors (Lipinski definition) is 0. The van der Waals surface area contributed by atoms with Gasteiger partial charge in [-0.2, -0.15) is 5.26 Å². The number of halogens is 1. The maximum atomic E-state index is 13.1. The Kier molecular flexibility index (Phi) is 5.19. The summed E-state index contributed by atoms with van der Waals surface area (Å²) in [6, 6.07) is 17.7. The largest absolute Gasteiger partial charge is 0.805 e.